The summed E-state index contributed by atoms with van der Waals surface area (Å²) in [7, 11) is -3.56. The lowest BCUT2D eigenvalue weighted by Crippen LogP contribution is -2.48. The van der Waals surface area contributed by atoms with Crippen LogP contribution in [-0.2, 0) is 14.8 Å². The number of anilines is 1. The summed E-state index contributed by atoms with van der Waals surface area (Å²) in [4.78, 5) is 0.219. The Balaban J connectivity index is 2.42. The Hall–Kier alpha value is -1.11. The van der Waals surface area contributed by atoms with Gasteiger partial charge >= 0.3 is 0 Å². The van der Waals surface area contributed by atoms with Crippen LogP contribution < -0.4 is 5.73 Å². The van der Waals surface area contributed by atoms with E-state index in [1.807, 2.05) is 13.8 Å². The van der Waals surface area contributed by atoms with Crippen LogP contribution in [0.15, 0.2) is 23.1 Å². The molecule has 0 amide bonds. The molecule has 0 aromatic heterocycles. The van der Waals surface area contributed by atoms with Crippen LogP contribution in [-0.4, -0.2) is 38.0 Å². The van der Waals surface area contributed by atoms with Gasteiger partial charge in [0.15, 0.2) is 0 Å². The van der Waals surface area contributed by atoms with Crippen molar-refractivity contribution in [2.75, 3.05) is 18.8 Å². The molecule has 0 spiro atoms. The molecule has 1 heterocycles. The van der Waals surface area contributed by atoms with Crippen molar-refractivity contribution < 1.29 is 13.2 Å². The molecule has 1 aliphatic heterocycles. The van der Waals surface area contributed by atoms with E-state index in [1.165, 1.54) is 4.31 Å². The van der Waals surface area contributed by atoms with Gasteiger partial charge in [-0.25, -0.2) is 8.42 Å². The number of rotatable bonds is 2. The maximum absolute atomic E-state index is 12.7. The van der Waals surface area contributed by atoms with Gasteiger partial charge in [-0.15, -0.1) is 0 Å². The standard InChI is InChI=1S/C13H20N2O3S/c1-9-5-4-6-12(14)13(9)19(16,17)15-7-10(2)18-11(3)8-15/h4-6,10-11H,7-8,14H2,1-3H3/t10-,11+. The van der Waals surface area contributed by atoms with Gasteiger partial charge in [0, 0.05) is 13.1 Å². The number of aryl methyl sites for hydroxylation is 1. The lowest BCUT2D eigenvalue weighted by molar-refractivity contribution is -0.0440. The van der Waals surface area contributed by atoms with Crippen LogP contribution >= 0.6 is 0 Å². The average Bonchev–Trinajstić information content (AvgIpc) is 2.26. The lowest BCUT2D eigenvalue weighted by atomic mass is 10.2. The molecule has 5 nitrogen and oxygen atoms in total. The molecule has 1 saturated heterocycles. The number of hydrogen-bond donors (Lipinski definition) is 1. The largest absolute Gasteiger partial charge is 0.398 e. The van der Waals surface area contributed by atoms with E-state index in [-0.39, 0.29) is 17.1 Å². The normalized spacial score (nSPS) is 25.4. The predicted molar refractivity (Wildman–Crippen MR) is 74.4 cm³/mol. The van der Waals surface area contributed by atoms with Crippen LogP contribution in [0.5, 0.6) is 0 Å². The molecule has 0 radical (unpaired) electrons. The Labute approximate surface area is 114 Å². The van der Waals surface area contributed by atoms with Crippen molar-refractivity contribution in [3.05, 3.63) is 23.8 Å². The number of nitrogens with zero attached hydrogens (tertiary/aromatic N) is 1. The quantitative estimate of drug-likeness (QED) is 0.833. The molecule has 1 aromatic carbocycles. The van der Waals surface area contributed by atoms with E-state index in [0.717, 1.165) is 0 Å². The van der Waals surface area contributed by atoms with Crippen LogP contribution in [0, 0.1) is 6.92 Å². The highest BCUT2D eigenvalue weighted by Crippen LogP contribution is 2.27. The van der Waals surface area contributed by atoms with E-state index in [4.69, 9.17) is 10.5 Å². The minimum Gasteiger partial charge on any atom is -0.398 e. The fraction of sp³-hybridized carbons (Fsp3) is 0.538. The van der Waals surface area contributed by atoms with Crippen molar-refractivity contribution in [2.45, 2.75) is 37.9 Å². The monoisotopic (exact) mass is 284 g/mol. The van der Waals surface area contributed by atoms with Gasteiger partial charge in [-0.1, -0.05) is 12.1 Å². The number of hydrogen-bond acceptors (Lipinski definition) is 4. The number of nitrogens with two attached hydrogens (primary N) is 1. The Morgan fingerprint density at radius 3 is 2.37 bits per heavy atom. The third kappa shape index (κ3) is 2.75. The van der Waals surface area contributed by atoms with Crippen LogP contribution in [0.1, 0.15) is 19.4 Å². The highest BCUT2D eigenvalue weighted by atomic mass is 32.2. The number of ether oxygens (including phenoxy) is 1. The van der Waals surface area contributed by atoms with Gasteiger partial charge in [-0.05, 0) is 32.4 Å². The Morgan fingerprint density at radius 1 is 1.26 bits per heavy atom. The molecule has 2 N–H and O–H groups in total. The van der Waals surface area contributed by atoms with E-state index in [0.29, 0.717) is 24.3 Å². The van der Waals surface area contributed by atoms with Crippen LogP contribution in [0.4, 0.5) is 5.69 Å². The molecule has 0 unspecified atom stereocenters. The van der Waals surface area contributed by atoms with Gasteiger partial charge in [0.1, 0.15) is 4.90 Å². The summed E-state index contributed by atoms with van der Waals surface area (Å²) < 4.78 is 32.5. The highest BCUT2D eigenvalue weighted by Gasteiger charge is 2.34. The molecular weight excluding hydrogens is 264 g/mol. The predicted octanol–water partition coefficient (Wildman–Crippen LogP) is 1.38. The zero-order valence-corrected chi connectivity index (χ0v) is 12.3. The van der Waals surface area contributed by atoms with Gasteiger partial charge in [0.05, 0.1) is 17.9 Å². The van der Waals surface area contributed by atoms with Gasteiger partial charge < -0.3 is 10.5 Å². The number of sulfonamides is 1. The molecule has 0 saturated carbocycles. The third-order valence-corrected chi connectivity index (χ3v) is 5.28. The van der Waals surface area contributed by atoms with Gasteiger partial charge in [0.2, 0.25) is 10.0 Å². The molecule has 1 aromatic rings. The van der Waals surface area contributed by atoms with Crippen molar-refractivity contribution >= 4 is 15.7 Å². The summed E-state index contributed by atoms with van der Waals surface area (Å²) in [6, 6.07) is 5.14. The Morgan fingerprint density at radius 2 is 1.84 bits per heavy atom. The summed E-state index contributed by atoms with van der Waals surface area (Å²) in [5, 5.41) is 0. The lowest BCUT2D eigenvalue weighted by Gasteiger charge is -2.34. The summed E-state index contributed by atoms with van der Waals surface area (Å²) in [5.74, 6) is 0. The highest BCUT2D eigenvalue weighted by molar-refractivity contribution is 7.89. The molecule has 106 valence electrons. The van der Waals surface area contributed by atoms with E-state index in [9.17, 15) is 8.42 Å². The van der Waals surface area contributed by atoms with Crippen LogP contribution in [0.25, 0.3) is 0 Å². The van der Waals surface area contributed by atoms with Crippen LogP contribution in [0.3, 0.4) is 0 Å². The van der Waals surface area contributed by atoms with E-state index in [2.05, 4.69) is 0 Å². The number of nitrogen functional groups attached to an aromatic ring is 1. The zero-order valence-electron chi connectivity index (χ0n) is 11.5. The maximum atomic E-state index is 12.7. The number of benzene rings is 1. The van der Waals surface area contributed by atoms with Crippen molar-refractivity contribution in [3.8, 4) is 0 Å². The molecule has 6 heteroatoms. The smallest absolute Gasteiger partial charge is 0.245 e. The molecular formula is C13H20N2O3S. The van der Waals surface area contributed by atoms with Gasteiger partial charge in [-0.3, -0.25) is 0 Å². The van der Waals surface area contributed by atoms with E-state index in [1.54, 1.807) is 25.1 Å². The van der Waals surface area contributed by atoms with Crippen LogP contribution in [0.2, 0.25) is 0 Å². The Kier molecular flexibility index (Phi) is 3.85. The minimum absolute atomic E-state index is 0.108. The first-order valence-electron chi connectivity index (χ1n) is 6.33. The van der Waals surface area contributed by atoms with Gasteiger partial charge in [0.25, 0.3) is 0 Å². The molecule has 2 atom stereocenters. The molecule has 0 bridgehead atoms. The third-order valence-electron chi connectivity index (χ3n) is 3.23. The zero-order chi connectivity index (χ0) is 14.2. The summed E-state index contributed by atoms with van der Waals surface area (Å²) in [6.07, 6.45) is -0.215. The fourth-order valence-corrected chi connectivity index (χ4v) is 4.39. The SMILES string of the molecule is Cc1cccc(N)c1S(=O)(=O)N1C[C@@H](C)O[C@@H](C)C1. The Bertz CT molecular complexity index is 541. The topological polar surface area (TPSA) is 72.6 Å². The second kappa shape index (κ2) is 5.11. The molecule has 2 rings (SSSR count). The van der Waals surface area contributed by atoms with Crippen molar-refractivity contribution in [2.24, 2.45) is 0 Å². The van der Waals surface area contributed by atoms with Crippen molar-refractivity contribution in [1.82, 2.24) is 4.31 Å². The van der Waals surface area contributed by atoms with Crippen molar-refractivity contribution in [1.29, 1.82) is 0 Å². The fourth-order valence-electron chi connectivity index (χ4n) is 2.48. The second-order valence-electron chi connectivity index (χ2n) is 5.07. The molecule has 0 aliphatic carbocycles. The first kappa shape index (κ1) is 14.3. The molecule has 1 aliphatic rings. The first-order valence-corrected chi connectivity index (χ1v) is 7.77. The molecule has 19 heavy (non-hydrogen) atoms. The molecule has 1 fully saturated rings. The van der Waals surface area contributed by atoms with Crippen molar-refractivity contribution in [3.63, 3.8) is 0 Å². The van der Waals surface area contributed by atoms with Gasteiger partial charge in [-0.2, -0.15) is 4.31 Å². The van der Waals surface area contributed by atoms with E-state index < -0.39 is 10.0 Å². The summed E-state index contributed by atoms with van der Waals surface area (Å²) in [5.41, 5.74) is 6.82. The first-order chi connectivity index (χ1) is 8.82. The summed E-state index contributed by atoms with van der Waals surface area (Å²) >= 11 is 0. The second-order valence-corrected chi connectivity index (χ2v) is 6.95. The summed E-state index contributed by atoms with van der Waals surface area (Å²) in [6.45, 7) is 6.23. The minimum atomic E-state index is -3.56. The van der Waals surface area contributed by atoms with E-state index >= 15 is 0 Å². The average molecular weight is 284 g/mol. The maximum Gasteiger partial charge on any atom is 0.245 e. The number of morpholine rings is 1.